The van der Waals surface area contributed by atoms with Crippen LogP contribution in [0, 0.1) is 0 Å². The summed E-state index contributed by atoms with van der Waals surface area (Å²) >= 11 is 0. The maximum Gasteiger partial charge on any atom is 0.156 e. The number of aliphatic hydroxyl groups is 1. The van der Waals surface area contributed by atoms with Crippen molar-refractivity contribution in [3.63, 3.8) is 0 Å². The third-order valence-electron chi connectivity index (χ3n) is 1.89. The fourth-order valence-electron chi connectivity index (χ4n) is 1.18. The van der Waals surface area contributed by atoms with E-state index in [1.165, 1.54) is 13.0 Å². The molecule has 0 spiro atoms. The fraction of sp³-hybridized carbons (Fsp3) is 0.154. The van der Waals surface area contributed by atoms with E-state index in [0.29, 0.717) is 0 Å². The van der Waals surface area contributed by atoms with Gasteiger partial charge in [0.05, 0.1) is 7.11 Å². The second-order valence-electron chi connectivity index (χ2n) is 3.29. The molecule has 0 saturated heterocycles. The van der Waals surface area contributed by atoms with Gasteiger partial charge >= 0.3 is 0 Å². The van der Waals surface area contributed by atoms with E-state index < -0.39 is 0 Å². The molecule has 0 amide bonds. The molecule has 1 rings (SSSR count). The summed E-state index contributed by atoms with van der Waals surface area (Å²) in [6.45, 7) is 1.38. The zero-order valence-corrected chi connectivity index (χ0v) is 9.31. The number of carbonyl (C=O) groups is 1. The van der Waals surface area contributed by atoms with Crippen molar-refractivity contribution in [2.45, 2.75) is 6.92 Å². The van der Waals surface area contributed by atoms with E-state index in [2.05, 4.69) is 0 Å². The van der Waals surface area contributed by atoms with Crippen molar-refractivity contribution in [2.24, 2.45) is 0 Å². The second kappa shape index (κ2) is 5.75. The number of benzene rings is 1. The van der Waals surface area contributed by atoms with Gasteiger partial charge in [-0.1, -0.05) is 18.2 Å². The molecule has 84 valence electrons. The second-order valence-corrected chi connectivity index (χ2v) is 3.29. The van der Waals surface area contributed by atoms with Gasteiger partial charge in [0, 0.05) is 6.08 Å². The normalized spacial score (nSPS) is 11.8. The topological polar surface area (TPSA) is 46.5 Å². The van der Waals surface area contributed by atoms with Gasteiger partial charge in [-0.3, -0.25) is 4.79 Å². The van der Waals surface area contributed by atoms with Crippen LogP contribution in [-0.2, 0) is 4.79 Å². The number of aliphatic hydroxyl groups excluding tert-OH is 1. The molecule has 0 aliphatic carbocycles. The average Bonchev–Trinajstić information content (AvgIpc) is 2.26. The van der Waals surface area contributed by atoms with Crippen molar-refractivity contribution < 1.29 is 14.6 Å². The van der Waals surface area contributed by atoms with Gasteiger partial charge in [-0.2, -0.15) is 0 Å². The highest BCUT2D eigenvalue weighted by Crippen LogP contribution is 2.14. The summed E-state index contributed by atoms with van der Waals surface area (Å²) in [5.41, 5.74) is 0.892. The van der Waals surface area contributed by atoms with E-state index in [1.54, 1.807) is 13.2 Å². The molecular weight excluding hydrogens is 204 g/mol. The predicted octanol–water partition coefficient (Wildman–Crippen LogP) is 2.74. The molecule has 3 heteroatoms. The van der Waals surface area contributed by atoms with Crippen LogP contribution < -0.4 is 4.74 Å². The van der Waals surface area contributed by atoms with Crippen molar-refractivity contribution in [3.8, 4) is 5.75 Å². The third-order valence-corrected chi connectivity index (χ3v) is 1.89. The van der Waals surface area contributed by atoms with Gasteiger partial charge in [0.1, 0.15) is 11.5 Å². The summed E-state index contributed by atoms with van der Waals surface area (Å²) in [6, 6.07) is 7.39. The van der Waals surface area contributed by atoms with Crippen molar-refractivity contribution in [1.29, 1.82) is 0 Å². The fourth-order valence-corrected chi connectivity index (χ4v) is 1.18. The molecule has 0 atom stereocenters. The van der Waals surface area contributed by atoms with Gasteiger partial charge < -0.3 is 9.84 Å². The van der Waals surface area contributed by atoms with Crippen LogP contribution in [0.1, 0.15) is 12.5 Å². The van der Waals surface area contributed by atoms with Gasteiger partial charge in [0.2, 0.25) is 0 Å². The Morgan fingerprint density at radius 2 is 2.19 bits per heavy atom. The summed E-state index contributed by atoms with van der Waals surface area (Å²) in [7, 11) is 1.59. The monoisotopic (exact) mass is 218 g/mol. The Hall–Kier alpha value is -2.03. The van der Waals surface area contributed by atoms with Gasteiger partial charge in [-0.15, -0.1) is 0 Å². The molecule has 3 nitrogen and oxygen atoms in total. The molecule has 0 aliphatic heterocycles. The van der Waals surface area contributed by atoms with E-state index in [0.717, 1.165) is 17.4 Å². The van der Waals surface area contributed by atoms with E-state index in [1.807, 2.05) is 24.3 Å². The molecule has 1 aromatic carbocycles. The lowest BCUT2D eigenvalue weighted by Gasteiger charge is -1.99. The van der Waals surface area contributed by atoms with Crippen LogP contribution >= 0.6 is 0 Å². The molecule has 0 aliphatic rings. The Morgan fingerprint density at radius 3 is 2.81 bits per heavy atom. The smallest absolute Gasteiger partial charge is 0.156 e. The zero-order chi connectivity index (χ0) is 12.0. The first-order valence-electron chi connectivity index (χ1n) is 4.85. The summed E-state index contributed by atoms with van der Waals surface area (Å²) < 4.78 is 5.06. The average molecular weight is 218 g/mol. The van der Waals surface area contributed by atoms with Crippen LogP contribution in [0.2, 0.25) is 0 Å². The lowest BCUT2D eigenvalue weighted by Crippen LogP contribution is -1.85. The first kappa shape index (κ1) is 12.0. The highest BCUT2D eigenvalue weighted by Gasteiger charge is 1.93. The molecule has 0 heterocycles. The van der Waals surface area contributed by atoms with Crippen molar-refractivity contribution in [1.82, 2.24) is 0 Å². The minimum absolute atomic E-state index is 0.0599. The molecule has 0 unspecified atom stereocenters. The Bertz CT molecular complexity index is 431. The van der Waals surface area contributed by atoms with Gasteiger partial charge in [0.15, 0.2) is 5.78 Å². The summed E-state index contributed by atoms with van der Waals surface area (Å²) in [5, 5.41) is 9.33. The highest BCUT2D eigenvalue weighted by molar-refractivity contribution is 5.88. The minimum Gasteiger partial charge on any atom is -0.508 e. The molecule has 0 bridgehead atoms. The SMILES string of the molecule is COc1cccc(/C=C/C(O)=C/C(C)=O)c1. The molecule has 0 saturated carbocycles. The maximum atomic E-state index is 10.7. The summed E-state index contributed by atoms with van der Waals surface area (Å²) in [6.07, 6.45) is 4.34. The molecule has 0 radical (unpaired) electrons. The summed E-state index contributed by atoms with van der Waals surface area (Å²) in [4.78, 5) is 10.7. The third kappa shape index (κ3) is 4.00. The number of hydrogen-bond donors (Lipinski definition) is 1. The van der Waals surface area contributed by atoms with Crippen molar-refractivity contribution in [2.75, 3.05) is 7.11 Å². The quantitative estimate of drug-likeness (QED) is 0.480. The number of allylic oxidation sites excluding steroid dienone is 2. The molecule has 0 fully saturated rings. The zero-order valence-electron chi connectivity index (χ0n) is 9.31. The molecule has 1 N–H and O–H groups in total. The summed E-state index contributed by atoms with van der Waals surface area (Å²) in [5.74, 6) is 0.500. The van der Waals surface area contributed by atoms with Gasteiger partial charge in [-0.05, 0) is 30.7 Å². The lowest BCUT2D eigenvalue weighted by atomic mass is 10.2. The first-order valence-corrected chi connectivity index (χ1v) is 4.85. The van der Waals surface area contributed by atoms with E-state index in [4.69, 9.17) is 4.74 Å². The Kier molecular flexibility index (Phi) is 4.33. The van der Waals surface area contributed by atoms with Gasteiger partial charge in [-0.25, -0.2) is 0 Å². The van der Waals surface area contributed by atoms with Crippen LogP contribution in [0.4, 0.5) is 0 Å². The Morgan fingerprint density at radius 1 is 1.44 bits per heavy atom. The van der Waals surface area contributed by atoms with Crippen molar-refractivity contribution in [3.05, 3.63) is 47.7 Å². The van der Waals surface area contributed by atoms with Crippen LogP contribution in [0.15, 0.2) is 42.2 Å². The Labute approximate surface area is 94.7 Å². The largest absolute Gasteiger partial charge is 0.508 e. The number of hydrogen-bond acceptors (Lipinski definition) is 3. The first-order chi connectivity index (χ1) is 7.61. The molecular formula is C13H14O3. The molecule has 16 heavy (non-hydrogen) atoms. The minimum atomic E-state index is -0.187. The lowest BCUT2D eigenvalue weighted by molar-refractivity contribution is -0.112. The van der Waals surface area contributed by atoms with Crippen molar-refractivity contribution >= 4 is 11.9 Å². The van der Waals surface area contributed by atoms with Crippen LogP contribution in [0.5, 0.6) is 5.75 Å². The Balaban J connectivity index is 2.79. The van der Waals surface area contributed by atoms with Crippen LogP contribution in [0.3, 0.4) is 0 Å². The maximum absolute atomic E-state index is 10.7. The number of carbonyl (C=O) groups excluding carboxylic acids is 1. The van der Waals surface area contributed by atoms with E-state index in [9.17, 15) is 9.90 Å². The predicted molar refractivity (Wildman–Crippen MR) is 63.4 cm³/mol. The molecule has 1 aromatic rings. The highest BCUT2D eigenvalue weighted by atomic mass is 16.5. The number of rotatable bonds is 4. The van der Waals surface area contributed by atoms with E-state index in [-0.39, 0.29) is 11.5 Å². The standard InChI is InChI=1S/C13H14O3/c1-10(14)8-12(15)7-6-11-4-3-5-13(9-11)16-2/h3-9,15H,1-2H3/b7-6+,12-8-. The number of ketones is 1. The molecule has 0 aromatic heterocycles. The van der Waals surface area contributed by atoms with Crippen LogP contribution in [-0.4, -0.2) is 18.0 Å². The number of methoxy groups -OCH3 is 1. The van der Waals surface area contributed by atoms with E-state index >= 15 is 0 Å². The number of ether oxygens (including phenoxy) is 1. The van der Waals surface area contributed by atoms with Gasteiger partial charge in [0.25, 0.3) is 0 Å². The van der Waals surface area contributed by atoms with Crippen LogP contribution in [0.25, 0.3) is 6.08 Å².